The Kier molecular flexibility index (Phi) is 8.52. The second kappa shape index (κ2) is 11.4. The third-order valence-corrected chi connectivity index (χ3v) is 6.01. The lowest BCUT2D eigenvalue weighted by Crippen LogP contribution is -2.16. The first-order chi connectivity index (χ1) is 16.6. The molecule has 0 aliphatic heterocycles. The Morgan fingerprint density at radius 2 is 1.60 bits per heavy atom. The Morgan fingerprint density at radius 3 is 2.23 bits per heavy atom. The number of methoxy groups -OCH3 is 2. The van der Waals surface area contributed by atoms with E-state index in [0.717, 1.165) is 30.0 Å². The summed E-state index contributed by atoms with van der Waals surface area (Å²) in [6, 6.07) is 14.4. The molecule has 6 nitrogen and oxygen atoms in total. The molecule has 0 aliphatic carbocycles. The summed E-state index contributed by atoms with van der Waals surface area (Å²) >= 11 is 7.06. The first kappa shape index (κ1) is 26.2. The largest absolute Gasteiger partial charge is 0.496 e. The number of halogens is 4. The van der Waals surface area contributed by atoms with Crippen LogP contribution in [0.5, 0.6) is 11.5 Å². The van der Waals surface area contributed by atoms with Crippen molar-refractivity contribution in [2.24, 2.45) is 0 Å². The number of hydrogen-bond acceptors (Lipinski definition) is 5. The lowest BCUT2D eigenvalue weighted by Gasteiger charge is -2.13. The van der Waals surface area contributed by atoms with E-state index < -0.39 is 23.6 Å². The van der Waals surface area contributed by atoms with Crippen LogP contribution in [-0.2, 0) is 11.0 Å². The lowest BCUT2D eigenvalue weighted by atomic mass is 10.1. The summed E-state index contributed by atoms with van der Waals surface area (Å²) in [5.74, 6) is -0.387. The Hall–Kier alpha value is -3.37. The van der Waals surface area contributed by atoms with Crippen LogP contribution < -0.4 is 20.1 Å². The van der Waals surface area contributed by atoms with Crippen molar-refractivity contribution >= 4 is 46.6 Å². The molecule has 0 radical (unpaired) electrons. The van der Waals surface area contributed by atoms with Gasteiger partial charge in [0, 0.05) is 10.6 Å². The van der Waals surface area contributed by atoms with Crippen molar-refractivity contribution in [3.05, 3.63) is 76.8 Å². The maximum atomic E-state index is 12.9. The molecular formula is C24H20ClF3N2O4S. The Balaban J connectivity index is 1.66. The van der Waals surface area contributed by atoms with E-state index in [9.17, 15) is 22.8 Å². The summed E-state index contributed by atoms with van der Waals surface area (Å²) in [5, 5.41) is 5.16. The molecular weight excluding hydrogens is 505 g/mol. The lowest BCUT2D eigenvalue weighted by molar-refractivity contribution is -0.137. The van der Waals surface area contributed by atoms with Gasteiger partial charge in [0.15, 0.2) is 0 Å². The number of anilines is 2. The standard InChI is InChI=1S/C24H20ClF3N2O4S/c1-33-19-7-4-8-20(34-2)22(19)23(32)29-15-5-3-6-16(12-15)35-13-21(31)30-18-11-14(24(26,27)28)9-10-17(18)25/h3-12H,13H2,1-2H3,(H,29,32)(H,30,31). The Morgan fingerprint density at radius 1 is 0.943 bits per heavy atom. The van der Waals surface area contributed by atoms with Crippen LogP contribution in [0.25, 0.3) is 0 Å². The molecule has 0 bridgehead atoms. The topological polar surface area (TPSA) is 76.7 Å². The van der Waals surface area contributed by atoms with Crippen molar-refractivity contribution in [3.63, 3.8) is 0 Å². The number of alkyl halides is 3. The smallest absolute Gasteiger partial charge is 0.416 e. The molecule has 2 N–H and O–H groups in total. The minimum atomic E-state index is -4.56. The SMILES string of the molecule is COc1cccc(OC)c1C(=O)Nc1cccc(SCC(=O)Nc2cc(C(F)(F)F)ccc2Cl)c1. The number of nitrogens with one attached hydrogen (secondary N) is 2. The zero-order valence-corrected chi connectivity index (χ0v) is 20.1. The van der Waals surface area contributed by atoms with Crippen molar-refractivity contribution in [1.29, 1.82) is 0 Å². The molecule has 3 rings (SSSR count). The highest BCUT2D eigenvalue weighted by Gasteiger charge is 2.31. The molecule has 184 valence electrons. The Bertz CT molecular complexity index is 1220. The maximum Gasteiger partial charge on any atom is 0.416 e. The fourth-order valence-electron chi connectivity index (χ4n) is 3.06. The van der Waals surface area contributed by atoms with Crippen LogP contribution in [0.15, 0.2) is 65.6 Å². The van der Waals surface area contributed by atoms with Crippen molar-refractivity contribution in [3.8, 4) is 11.5 Å². The summed E-state index contributed by atoms with van der Waals surface area (Å²) in [7, 11) is 2.89. The normalized spacial score (nSPS) is 11.0. The first-order valence-corrected chi connectivity index (χ1v) is 11.4. The first-order valence-electron chi connectivity index (χ1n) is 10.0. The van der Waals surface area contributed by atoms with Gasteiger partial charge in [0.1, 0.15) is 17.1 Å². The van der Waals surface area contributed by atoms with Crippen LogP contribution in [0.4, 0.5) is 24.5 Å². The second-order valence-electron chi connectivity index (χ2n) is 7.05. The highest BCUT2D eigenvalue weighted by molar-refractivity contribution is 8.00. The number of rotatable bonds is 8. The van der Waals surface area contributed by atoms with Gasteiger partial charge in [-0.15, -0.1) is 11.8 Å². The number of ether oxygens (including phenoxy) is 2. The number of hydrogen-bond donors (Lipinski definition) is 2. The zero-order valence-electron chi connectivity index (χ0n) is 18.5. The van der Waals surface area contributed by atoms with Crippen LogP contribution in [0, 0.1) is 0 Å². The van der Waals surface area contributed by atoms with Crippen LogP contribution in [0.1, 0.15) is 15.9 Å². The minimum Gasteiger partial charge on any atom is -0.496 e. The van der Waals surface area contributed by atoms with E-state index in [4.69, 9.17) is 21.1 Å². The van der Waals surface area contributed by atoms with E-state index in [1.54, 1.807) is 42.5 Å². The number of benzene rings is 3. The van der Waals surface area contributed by atoms with Gasteiger partial charge in [0.05, 0.1) is 36.2 Å². The monoisotopic (exact) mass is 524 g/mol. The number of amides is 2. The molecule has 0 heterocycles. The van der Waals surface area contributed by atoms with Crippen LogP contribution in [-0.4, -0.2) is 31.8 Å². The minimum absolute atomic E-state index is 0.00664. The molecule has 0 fully saturated rings. The van der Waals surface area contributed by atoms with Gasteiger partial charge < -0.3 is 20.1 Å². The molecule has 0 saturated heterocycles. The van der Waals surface area contributed by atoms with Crippen LogP contribution in [0.3, 0.4) is 0 Å². The average Bonchev–Trinajstić information content (AvgIpc) is 2.83. The van der Waals surface area contributed by atoms with Crippen molar-refractivity contribution in [2.45, 2.75) is 11.1 Å². The number of carbonyl (C=O) groups excluding carboxylic acids is 2. The molecule has 3 aromatic carbocycles. The molecule has 0 unspecified atom stereocenters. The van der Waals surface area contributed by atoms with Gasteiger partial charge in [0.25, 0.3) is 5.91 Å². The summed E-state index contributed by atoms with van der Waals surface area (Å²) in [4.78, 5) is 25.8. The zero-order chi connectivity index (χ0) is 25.6. The summed E-state index contributed by atoms with van der Waals surface area (Å²) in [5.41, 5.74) is -0.346. The van der Waals surface area contributed by atoms with Gasteiger partial charge in [-0.1, -0.05) is 23.7 Å². The van der Waals surface area contributed by atoms with Crippen molar-refractivity contribution in [2.75, 3.05) is 30.6 Å². The fourth-order valence-corrected chi connectivity index (χ4v) is 3.98. The molecule has 3 aromatic rings. The summed E-state index contributed by atoms with van der Waals surface area (Å²) < 4.78 is 49.3. The second-order valence-corrected chi connectivity index (χ2v) is 8.50. The Labute approximate surface area is 208 Å². The van der Waals surface area contributed by atoms with Crippen molar-refractivity contribution < 1.29 is 32.2 Å². The molecule has 0 spiro atoms. The molecule has 2 amide bonds. The third kappa shape index (κ3) is 6.83. The number of carbonyl (C=O) groups is 2. The predicted octanol–water partition coefficient (Wildman–Crippen LogP) is 6.36. The third-order valence-electron chi connectivity index (χ3n) is 4.68. The highest BCUT2D eigenvalue weighted by atomic mass is 35.5. The predicted molar refractivity (Wildman–Crippen MR) is 130 cm³/mol. The molecule has 0 aliphatic rings. The molecule has 35 heavy (non-hydrogen) atoms. The van der Waals surface area contributed by atoms with E-state index in [2.05, 4.69) is 10.6 Å². The highest BCUT2D eigenvalue weighted by Crippen LogP contribution is 2.34. The van der Waals surface area contributed by atoms with E-state index in [1.165, 1.54) is 14.2 Å². The average molecular weight is 525 g/mol. The van der Waals surface area contributed by atoms with Gasteiger partial charge in [0.2, 0.25) is 5.91 Å². The van der Waals surface area contributed by atoms with Gasteiger partial charge in [-0.25, -0.2) is 0 Å². The maximum absolute atomic E-state index is 12.9. The van der Waals surface area contributed by atoms with Gasteiger partial charge in [-0.2, -0.15) is 13.2 Å². The van der Waals surface area contributed by atoms with Crippen LogP contribution >= 0.6 is 23.4 Å². The number of thioether (sulfide) groups is 1. The summed E-state index contributed by atoms with van der Waals surface area (Å²) in [6.07, 6.45) is -4.56. The van der Waals surface area contributed by atoms with Gasteiger partial charge in [-0.05, 0) is 48.5 Å². The molecule has 0 atom stereocenters. The molecule has 11 heteroatoms. The van der Waals surface area contributed by atoms with E-state index in [1.807, 2.05) is 0 Å². The fraction of sp³-hybridized carbons (Fsp3) is 0.167. The quantitative estimate of drug-likeness (QED) is 0.335. The van der Waals surface area contributed by atoms with Gasteiger partial charge in [-0.3, -0.25) is 9.59 Å². The van der Waals surface area contributed by atoms with E-state index in [-0.39, 0.29) is 22.0 Å². The van der Waals surface area contributed by atoms with Gasteiger partial charge >= 0.3 is 6.18 Å². The van der Waals surface area contributed by atoms with Crippen LogP contribution in [0.2, 0.25) is 5.02 Å². The van der Waals surface area contributed by atoms with E-state index in [0.29, 0.717) is 22.1 Å². The molecule has 0 saturated carbocycles. The molecule has 0 aromatic heterocycles. The van der Waals surface area contributed by atoms with E-state index >= 15 is 0 Å². The summed E-state index contributed by atoms with van der Waals surface area (Å²) in [6.45, 7) is 0. The van der Waals surface area contributed by atoms with Crippen molar-refractivity contribution in [1.82, 2.24) is 0 Å².